The van der Waals surface area contributed by atoms with E-state index in [4.69, 9.17) is 4.74 Å². The van der Waals surface area contributed by atoms with Gasteiger partial charge in [-0.25, -0.2) is 0 Å². The second-order valence-electron chi connectivity index (χ2n) is 9.64. The number of ether oxygens (including phenoxy) is 1. The molecule has 3 nitrogen and oxygen atoms in total. The second kappa shape index (κ2) is 6.67. The maximum atomic E-state index is 13.7. The Balaban J connectivity index is 2.05. The number of aliphatic hydroxyl groups excluding tert-OH is 1. The number of methoxy groups -OCH3 is 1. The van der Waals surface area contributed by atoms with Crippen molar-refractivity contribution in [2.75, 3.05) is 7.11 Å². The molecule has 1 N–H and O–H groups in total. The fourth-order valence-corrected chi connectivity index (χ4v) is 6.13. The average molecular weight is 359 g/mol. The van der Waals surface area contributed by atoms with Crippen LogP contribution in [0.5, 0.6) is 5.75 Å². The minimum Gasteiger partial charge on any atom is -0.497 e. The van der Waals surface area contributed by atoms with Crippen LogP contribution >= 0.6 is 0 Å². The zero-order valence-corrected chi connectivity index (χ0v) is 17.1. The molecule has 0 spiro atoms. The van der Waals surface area contributed by atoms with Gasteiger partial charge in [0.15, 0.2) is 5.78 Å². The van der Waals surface area contributed by atoms with Gasteiger partial charge in [-0.15, -0.1) is 0 Å². The van der Waals surface area contributed by atoms with Gasteiger partial charge in [0.1, 0.15) is 5.75 Å². The summed E-state index contributed by atoms with van der Waals surface area (Å²) < 4.78 is 5.38. The van der Waals surface area contributed by atoms with Crippen molar-refractivity contribution in [3.63, 3.8) is 0 Å². The smallest absolute Gasteiger partial charge is 0.167 e. The van der Waals surface area contributed by atoms with Crippen LogP contribution in [0.1, 0.15) is 69.3 Å². The summed E-state index contributed by atoms with van der Waals surface area (Å²) in [7, 11) is 1.64. The monoisotopic (exact) mass is 358 g/mol. The van der Waals surface area contributed by atoms with Crippen LogP contribution in [-0.4, -0.2) is 24.1 Å². The molecule has 0 heterocycles. The van der Waals surface area contributed by atoms with Crippen LogP contribution in [0.3, 0.4) is 0 Å². The van der Waals surface area contributed by atoms with Crippen molar-refractivity contribution in [3.05, 3.63) is 29.3 Å². The number of Topliss-reactive ketones (excluding diaryl/α,β-unsaturated/α-hetero) is 1. The number of benzene rings is 1. The first-order valence-electron chi connectivity index (χ1n) is 9.98. The Hall–Kier alpha value is -1.35. The fraction of sp³-hybridized carbons (Fsp3) is 0.696. The summed E-state index contributed by atoms with van der Waals surface area (Å²) in [6.45, 7) is 11.0. The molecule has 2 fully saturated rings. The van der Waals surface area contributed by atoms with Gasteiger partial charge in [0.2, 0.25) is 0 Å². The molecule has 0 aliphatic heterocycles. The molecule has 26 heavy (non-hydrogen) atoms. The first-order valence-corrected chi connectivity index (χ1v) is 9.98. The van der Waals surface area contributed by atoms with Crippen molar-refractivity contribution in [3.8, 4) is 5.75 Å². The molecule has 0 amide bonds. The Labute approximate surface area is 158 Å². The Bertz CT molecular complexity index is 693. The molecule has 0 radical (unpaired) electrons. The molecule has 1 aromatic carbocycles. The van der Waals surface area contributed by atoms with Gasteiger partial charge in [-0.05, 0) is 72.6 Å². The summed E-state index contributed by atoms with van der Waals surface area (Å²) in [6.07, 6.45) is 3.80. The molecule has 2 saturated carbocycles. The standard InChI is InChI=1S/C23H34O3/c1-14-10-16(12-17(11-14)26-6)21(25)20-15(2)18(24)13-19-22(3,4)8-7-9-23(19,20)5/h10-12,15,18-20,24H,7-9,13H2,1-6H3/t15-,18+,19-,20+,23-/m0/s1. The van der Waals surface area contributed by atoms with Crippen LogP contribution in [0.25, 0.3) is 0 Å². The van der Waals surface area contributed by atoms with Gasteiger partial charge in [0, 0.05) is 11.5 Å². The maximum Gasteiger partial charge on any atom is 0.167 e. The molecule has 5 atom stereocenters. The molecule has 0 bridgehead atoms. The molecule has 1 aromatic rings. The van der Waals surface area contributed by atoms with Crippen LogP contribution in [0, 0.1) is 35.5 Å². The number of aliphatic hydroxyl groups is 1. The molecule has 3 rings (SSSR count). The summed E-state index contributed by atoms with van der Waals surface area (Å²) in [5, 5.41) is 10.8. The van der Waals surface area contributed by atoms with Crippen LogP contribution in [0.15, 0.2) is 18.2 Å². The van der Waals surface area contributed by atoms with E-state index in [9.17, 15) is 9.90 Å². The van der Waals surface area contributed by atoms with Crippen LogP contribution in [0.2, 0.25) is 0 Å². The lowest BCUT2D eigenvalue weighted by molar-refractivity contribution is -0.125. The van der Waals surface area contributed by atoms with Crippen molar-refractivity contribution in [2.24, 2.45) is 28.6 Å². The van der Waals surface area contributed by atoms with Crippen LogP contribution < -0.4 is 4.74 Å². The van der Waals surface area contributed by atoms with E-state index < -0.39 is 6.10 Å². The molecule has 144 valence electrons. The Kier molecular flexibility index (Phi) is 4.98. The first kappa shape index (κ1) is 19.4. The number of ketones is 1. The second-order valence-corrected chi connectivity index (χ2v) is 9.64. The highest BCUT2D eigenvalue weighted by molar-refractivity contribution is 5.99. The van der Waals surface area contributed by atoms with Crippen molar-refractivity contribution < 1.29 is 14.6 Å². The van der Waals surface area contributed by atoms with E-state index in [-0.39, 0.29) is 28.4 Å². The van der Waals surface area contributed by atoms with Crippen molar-refractivity contribution in [2.45, 2.75) is 66.4 Å². The van der Waals surface area contributed by atoms with E-state index in [0.717, 1.165) is 36.1 Å². The predicted octanol–water partition coefficient (Wildman–Crippen LogP) is 5.04. The zero-order valence-electron chi connectivity index (χ0n) is 17.1. The van der Waals surface area contributed by atoms with Crippen LogP contribution in [0.4, 0.5) is 0 Å². The van der Waals surface area contributed by atoms with Gasteiger partial charge in [-0.2, -0.15) is 0 Å². The Morgan fingerprint density at radius 1 is 1.19 bits per heavy atom. The molecule has 0 aromatic heterocycles. The quantitative estimate of drug-likeness (QED) is 0.770. The Morgan fingerprint density at radius 3 is 2.54 bits per heavy atom. The number of aryl methyl sites for hydroxylation is 1. The molecule has 0 unspecified atom stereocenters. The van der Waals surface area contributed by atoms with E-state index >= 15 is 0 Å². The summed E-state index contributed by atoms with van der Waals surface area (Å²) in [4.78, 5) is 13.7. The number of hydrogen-bond acceptors (Lipinski definition) is 3. The lowest BCUT2D eigenvalue weighted by Gasteiger charge is -2.59. The van der Waals surface area contributed by atoms with Crippen molar-refractivity contribution in [1.29, 1.82) is 0 Å². The topological polar surface area (TPSA) is 46.5 Å². The van der Waals surface area contributed by atoms with E-state index in [1.807, 2.05) is 25.1 Å². The predicted molar refractivity (Wildman–Crippen MR) is 105 cm³/mol. The highest BCUT2D eigenvalue weighted by Crippen LogP contribution is 2.61. The summed E-state index contributed by atoms with van der Waals surface area (Å²) >= 11 is 0. The molecule has 3 heteroatoms. The van der Waals surface area contributed by atoms with Crippen molar-refractivity contribution in [1.82, 2.24) is 0 Å². The van der Waals surface area contributed by atoms with E-state index in [1.54, 1.807) is 7.11 Å². The molecule has 2 aliphatic rings. The van der Waals surface area contributed by atoms with Gasteiger partial charge < -0.3 is 9.84 Å². The van der Waals surface area contributed by atoms with Gasteiger partial charge in [0.25, 0.3) is 0 Å². The SMILES string of the molecule is COc1cc(C)cc(C(=O)[C@H]2[C@@H](C)[C@H](O)C[C@H]3C(C)(C)CCC[C@]23C)c1. The first-order chi connectivity index (χ1) is 12.1. The third kappa shape index (κ3) is 3.09. The largest absolute Gasteiger partial charge is 0.497 e. The van der Waals surface area contributed by atoms with Gasteiger partial charge in [-0.1, -0.05) is 34.1 Å². The van der Waals surface area contributed by atoms with E-state index in [0.29, 0.717) is 5.92 Å². The number of hydrogen-bond donors (Lipinski definition) is 1. The summed E-state index contributed by atoms with van der Waals surface area (Å²) in [6, 6.07) is 5.77. The molecular formula is C23H34O3. The molecule has 2 aliphatic carbocycles. The molecule has 0 saturated heterocycles. The minimum atomic E-state index is -0.411. The number of carbonyl (C=O) groups excluding carboxylic acids is 1. The van der Waals surface area contributed by atoms with Crippen LogP contribution in [-0.2, 0) is 0 Å². The minimum absolute atomic E-state index is 0.0239. The number of fused-ring (bicyclic) bond motifs is 1. The fourth-order valence-electron chi connectivity index (χ4n) is 6.13. The van der Waals surface area contributed by atoms with E-state index in [1.165, 1.54) is 6.42 Å². The van der Waals surface area contributed by atoms with Crippen molar-refractivity contribution >= 4 is 5.78 Å². The summed E-state index contributed by atoms with van der Waals surface area (Å²) in [5.41, 5.74) is 1.85. The lowest BCUT2D eigenvalue weighted by atomic mass is 9.45. The Morgan fingerprint density at radius 2 is 1.88 bits per heavy atom. The van der Waals surface area contributed by atoms with Gasteiger partial charge >= 0.3 is 0 Å². The lowest BCUT2D eigenvalue weighted by Crippen LogP contribution is -2.57. The third-order valence-electron chi connectivity index (χ3n) is 7.45. The average Bonchev–Trinajstić information content (AvgIpc) is 2.56. The number of carbonyl (C=O) groups is 1. The van der Waals surface area contributed by atoms with E-state index in [2.05, 4.69) is 27.7 Å². The normalized spacial score (nSPS) is 36.3. The maximum absolute atomic E-state index is 13.7. The van der Waals surface area contributed by atoms with Gasteiger partial charge in [0.05, 0.1) is 13.2 Å². The number of rotatable bonds is 3. The van der Waals surface area contributed by atoms with Gasteiger partial charge in [-0.3, -0.25) is 4.79 Å². The third-order valence-corrected chi connectivity index (χ3v) is 7.45. The highest BCUT2D eigenvalue weighted by atomic mass is 16.5. The summed E-state index contributed by atoms with van der Waals surface area (Å²) in [5.74, 6) is 1.09. The highest BCUT2D eigenvalue weighted by Gasteiger charge is 2.58. The molecular weight excluding hydrogens is 324 g/mol. The zero-order chi connectivity index (χ0) is 19.3.